The standard InChI is InChI=1S/C17H35NO/c1-6-14-10-12-15(13-11-14)16(19)17(5,7-2)18(8-3)9-4/h14-16,19H,6-13H2,1-5H3. The predicted molar refractivity (Wildman–Crippen MR) is 83.4 cm³/mol. The Bertz CT molecular complexity index is 244. The third-order valence-corrected chi connectivity index (χ3v) is 5.75. The maximum atomic E-state index is 10.9. The van der Waals surface area contributed by atoms with Gasteiger partial charge in [0.15, 0.2) is 0 Å². The van der Waals surface area contributed by atoms with E-state index >= 15 is 0 Å². The molecule has 1 N–H and O–H groups in total. The second kappa shape index (κ2) is 7.64. The molecule has 0 saturated heterocycles. The highest BCUT2D eigenvalue weighted by atomic mass is 16.3. The van der Waals surface area contributed by atoms with E-state index in [0.717, 1.165) is 25.4 Å². The first-order valence-corrected chi connectivity index (χ1v) is 8.46. The maximum absolute atomic E-state index is 10.9. The van der Waals surface area contributed by atoms with Gasteiger partial charge in [0.05, 0.1) is 6.10 Å². The van der Waals surface area contributed by atoms with Crippen molar-refractivity contribution in [2.24, 2.45) is 11.8 Å². The Morgan fingerprint density at radius 3 is 1.95 bits per heavy atom. The van der Waals surface area contributed by atoms with Crippen LogP contribution in [0.3, 0.4) is 0 Å². The summed E-state index contributed by atoms with van der Waals surface area (Å²) in [7, 11) is 0. The molecule has 0 spiro atoms. The van der Waals surface area contributed by atoms with Crippen LogP contribution in [0.1, 0.15) is 73.1 Å². The van der Waals surface area contributed by atoms with Gasteiger partial charge in [-0.3, -0.25) is 4.90 Å². The maximum Gasteiger partial charge on any atom is 0.0749 e. The number of aliphatic hydroxyl groups is 1. The van der Waals surface area contributed by atoms with E-state index in [2.05, 4.69) is 39.5 Å². The van der Waals surface area contributed by atoms with Crippen molar-refractivity contribution in [3.05, 3.63) is 0 Å². The zero-order valence-corrected chi connectivity index (χ0v) is 13.8. The van der Waals surface area contributed by atoms with Gasteiger partial charge in [-0.2, -0.15) is 0 Å². The Balaban J connectivity index is 2.70. The summed E-state index contributed by atoms with van der Waals surface area (Å²) < 4.78 is 0. The molecule has 2 heteroatoms. The highest BCUT2D eigenvalue weighted by molar-refractivity contribution is 4.95. The van der Waals surface area contributed by atoms with Crippen molar-refractivity contribution >= 4 is 0 Å². The van der Waals surface area contributed by atoms with Gasteiger partial charge in [-0.05, 0) is 51.1 Å². The first-order valence-electron chi connectivity index (χ1n) is 8.46. The molecule has 1 rings (SSSR count). The minimum atomic E-state index is -0.171. The number of likely N-dealkylation sites (N-methyl/N-ethyl adjacent to an activating group) is 1. The fourth-order valence-corrected chi connectivity index (χ4v) is 3.99. The average Bonchev–Trinajstić information content (AvgIpc) is 2.47. The molecule has 0 amide bonds. The van der Waals surface area contributed by atoms with E-state index < -0.39 is 0 Å². The van der Waals surface area contributed by atoms with Crippen LogP contribution in [0.2, 0.25) is 0 Å². The highest BCUT2D eigenvalue weighted by Gasteiger charge is 2.41. The Morgan fingerprint density at radius 1 is 1.05 bits per heavy atom. The quantitative estimate of drug-likeness (QED) is 0.753. The van der Waals surface area contributed by atoms with Gasteiger partial charge in [0, 0.05) is 5.54 Å². The van der Waals surface area contributed by atoms with E-state index in [-0.39, 0.29) is 11.6 Å². The molecule has 2 atom stereocenters. The number of nitrogens with zero attached hydrogens (tertiary/aromatic N) is 1. The van der Waals surface area contributed by atoms with Crippen molar-refractivity contribution < 1.29 is 5.11 Å². The van der Waals surface area contributed by atoms with Crippen LogP contribution in [-0.2, 0) is 0 Å². The molecule has 0 heterocycles. The second-order valence-electron chi connectivity index (χ2n) is 6.52. The van der Waals surface area contributed by atoms with Gasteiger partial charge in [0.1, 0.15) is 0 Å². The van der Waals surface area contributed by atoms with Crippen LogP contribution >= 0.6 is 0 Å². The molecule has 1 saturated carbocycles. The number of aliphatic hydroxyl groups excluding tert-OH is 1. The van der Waals surface area contributed by atoms with Gasteiger partial charge in [0.2, 0.25) is 0 Å². The second-order valence-corrected chi connectivity index (χ2v) is 6.52. The minimum absolute atomic E-state index is 0.0484. The molecule has 1 aliphatic rings. The van der Waals surface area contributed by atoms with Crippen LogP contribution in [0.15, 0.2) is 0 Å². The van der Waals surface area contributed by atoms with Crippen LogP contribution < -0.4 is 0 Å². The number of hydrogen-bond acceptors (Lipinski definition) is 2. The largest absolute Gasteiger partial charge is 0.391 e. The third-order valence-electron chi connectivity index (χ3n) is 5.75. The summed E-state index contributed by atoms with van der Waals surface area (Å²) in [5, 5.41) is 10.9. The van der Waals surface area contributed by atoms with Crippen molar-refractivity contribution in [3.8, 4) is 0 Å². The smallest absolute Gasteiger partial charge is 0.0749 e. The van der Waals surface area contributed by atoms with E-state index in [0.29, 0.717) is 5.92 Å². The summed E-state index contributed by atoms with van der Waals surface area (Å²) in [6.45, 7) is 13.3. The number of hydrogen-bond donors (Lipinski definition) is 1. The van der Waals surface area contributed by atoms with E-state index in [1.54, 1.807) is 0 Å². The van der Waals surface area contributed by atoms with Gasteiger partial charge < -0.3 is 5.11 Å². The SMILES string of the molecule is CCC1CCC(C(O)C(C)(CC)N(CC)CC)CC1. The molecule has 0 bridgehead atoms. The summed E-state index contributed by atoms with van der Waals surface area (Å²) >= 11 is 0. The Hall–Kier alpha value is -0.0800. The molecule has 0 aromatic carbocycles. The number of rotatable bonds is 7. The average molecular weight is 269 g/mol. The molecule has 0 aromatic rings. The zero-order chi connectivity index (χ0) is 14.5. The van der Waals surface area contributed by atoms with Crippen molar-refractivity contribution in [1.29, 1.82) is 0 Å². The molecule has 1 fully saturated rings. The van der Waals surface area contributed by atoms with Gasteiger partial charge >= 0.3 is 0 Å². The fraction of sp³-hybridized carbons (Fsp3) is 1.00. The van der Waals surface area contributed by atoms with Crippen LogP contribution in [0.5, 0.6) is 0 Å². The lowest BCUT2D eigenvalue weighted by Crippen LogP contribution is -2.57. The minimum Gasteiger partial charge on any atom is -0.391 e. The molecule has 0 aromatic heterocycles. The van der Waals surface area contributed by atoms with Crippen molar-refractivity contribution in [2.75, 3.05) is 13.1 Å². The van der Waals surface area contributed by atoms with Gasteiger partial charge in [0.25, 0.3) is 0 Å². The van der Waals surface area contributed by atoms with Gasteiger partial charge in [-0.1, -0.05) is 47.0 Å². The molecule has 2 unspecified atom stereocenters. The van der Waals surface area contributed by atoms with E-state index in [1.165, 1.54) is 32.1 Å². The first-order chi connectivity index (χ1) is 9.03. The molecule has 0 aliphatic heterocycles. The Morgan fingerprint density at radius 2 is 1.58 bits per heavy atom. The molecular formula is C17H35NO. The molecule has 1 aliphatic carbocycles. The summed E-state index contributed by atoms with van der Waals surface area (Å²) in [4.78, 5) is 2.45. The monoisotopic (exact) mass is 269 g/mol. The Kier molecular flexibility index (Phi) is 6.82. The zero-order valence-electron chi connectivity index (χ0n) is 13.8. The lowest BCUT2D eigenvalue weighted by Gasteiger charge is -2.47. The first kappa shape index (κ1) is 17.0. The van der Waals surface area contributed by atoms with E-state index in [4.69, 9.17) is 0 Å². The molecule has 19 heavy (non-hydrogen) atoms. The van der Waals surface area contributed by atoms with Crippen LogP contribution in [0, 0.1) is 11.8 Å². The van der Waals surface area contributed by atoms with Crippen molar-refractivity contribution in [1.82, 2.24) is 4.90 Å². The lowest BCUT2D eigenvalue weighted by atomic mass is 9.72. The van der Waals surface area contributed by atoms with Crippen molar-refractivity contribution in [2.45, 2.75) is 84.8 Å². The highest BCUT2D eigenvalue weighted by Crippen LogP contribution is 2.38. The van der Waals surface area contributed by atoms with Gasteiger partial charge in [-0.25, -0.2) is 0 Å². The summed E-state index contributed by atoms with van der Waals surface area (Å²) in [5.74, 6) is 1.41. The van der Waals surface area contributed by atoms with Crippen molar-refractivity contribution in [3.63, 3.8) is 0 Å². The topological polar surface area (TPSA) is 23.5 Å². The third kappa shape index (κ3) is 3.72. The van der Waals surface area contributed by atoms with Crippen LogP contribution in [0.25, 0.3) is 0 Å². The molecule has 2 nitrogen and oxygen atoms in total. The van der Waals surface area contributed by atoms with E-state index in [9.17, 15) is 5.11 Å². The molecular weight excluding hydrogens is 234 g/mol. The van der Waals surface area contributed by atoms with Crippen LogP contribution in [-0.4, -0.2) is 34.7 Å². The van der Waals surface area contributed by atoms with Crippen LogP contribution in [0.4, 0.5) is 0 Å². The fourth-order valence-electron chi connectivity index (χ4n) is 3.99. The molecule has 114 valence electrons. The Labute approximate surface area is 120 Å². The lowest BCUT2D eigenvalue weighted by molar-refractivity contribution is -0.0620. The molecule has 0 radical (unpaired) electrons. The predicted octanol–water partition coefficient (Wildman–Crippen LogP) is 4.07. The van der Waals surface area contributed by atoms with Gasteiger partial charge in [-0.15, -0.1) is 0 Å². The summed E-state index contributed by atoms with van der Waals surface area (Å²) in [6.07, 6.45) is 7.24. The summed E-state index contributed by atoms with van der Waals surface area (Å²) in [5.41, 5.74) is -0.0484. The van der Waals surface area contributed by atoms with E-state index in [1.807, 2.05) is 0 Å². The summed E-state index contributed by atoms with van der Waals surface area (Å²) in [6, 6.07) is 0. The normalized spacial score (nSPS) is 29.2.